The molecular formula is C18H16N4O5. The van der Waals surface area contributed by atoms with Crippen LogP contribution in [0.3, 0.4) is 0 Å². The van der Waals surface area contributed by atoms with Crippen molar-refractivity contribution in [3.05, 3.63) is 70.5 Å². The van der Waals surface area contributed by atoms with Gasteiger partial charge in [-0.25, -0.2) is 0 Å². The van der Waals surface area contributed by atoms with Gasteiger partial charge in [-0.15, -0.1) is 0 Å². The summed E-state index contributed by atoms with van der Waals surface area (Å²) < 4.78 is 12.2. The second kappa shape index (κ2) is 7.56. The Kier molecular flexibility index (Phi) is 5.02. The summed E-state index contributed by atoms with van der Waals surface area (Å²) >= 11 is 0. The number of aromatic nitrogens is 2. The van der Waals surface area contributed by atoms with E-state index in [9.17, 15) is 14.9 Å². The van der Waals surface area contributed by atoms with Crippen LogP contribution in [0, 0.1) is 10.1 Å². The summed E-state index contributed by atoms with van der Waals surface area (Å²) in [4.78, 5) is 22.9. The molecule has 2 aromatic carbocycles. The molecule has 9 nitrogen and oxygen atoms in total. The van der Waals surface area contributed by atoms with Gasteiger partial charge in [-0.2, -0.15) is 5.10 Å². The van der Waals surface area contributed by atoms with Crippen molar-refractivity contribution < 1.29 is 19.2 Å². The van der Waals surface area contributed by atoms with Gasteiger partial charge in [0.25, 0.3) is 11.6 Å². The molecule has 9 heteroatoms. The molecule has 0 bridgehead atoms. The van der Waals surface area contributed by atoms with Gasteiger partial charge in [0.15, 0.2) is 5.69 Å². The first kappa shape index (κ1) is 17.9. The minimum Gasteiger partial charge on any atom is -0.497 e. The van der Waals surface area contributed by atoms with Crippen molar-refractivity contribution in [3.63, 3.8) is 0 Å². The van der Waals surface area contributed by atoms with Gasteiger partial charge in [0.1, 0.15) is 17.2 Å². The molecule has 0 spiro atoms. The molecule has 0 saturated heterocycles. The average molecular weight is 368 g/mol. The second-order valence-electron chi connectivity index (χ2n) is 5.58. The standard InChI is InChI=1S/C18H16N4O5/c1-21-8-7-17(20-21)18(23)19-12-9-13(22(24)25)11-16(10-12)27-15-5-3-14(26-2)4-6-15/h3-11H,1-2H3,(H,19,23). The van der Waals surface area contributed by atoms with Gasteiger partial charge in [-0.1, -0.05) is 0 Å². The Bertz CT molecular complexity index is 982. The van der Waals surface area contributed by atoms with E-state index in [1.54, 1.807) is 50.7 Å². The lowest BCUT2D eigenvalue weighted by Gasteiger charge is -2.09. The number of hydrogen-bond acceptors (Lipinski definition) is 6. The summed E-state index contributed by atoms with van der Waals surface area (Å²) in [6.45, 7) is 0. The van der Waals surface area contributed by atoms with E-state index in [2.05, 4.69) is 10.4 Å². The molecule has 0 aliphatic heterocycles. The maximum absolute atomic E-state index is 12.2. The van der Waals surface area contributed by atoms with E-state index < -0.39 is 10.8 Å². The minimum atomic E-state index is -0.558. The highest BCUT2D eigenvalue weighted by Crippen LogP contribution is 2.30. The number of benzene rings is 2. The second-order valence-corrected chi connectivity index (χ2v) is 5.58. The third kappa shape index (κ3) is 4.40. The van der Waals surface area contributed by atoms with Gasteiger partial charge in [0.2, 0.25) is 0 Å². The van der Waals surface area contributed by atoms with E-state index in [0.717, 1.165) is 0 Å². The Balaban J connectivity index is 1.85. The Morgan fingerprint density at radius 3 is 2.41 bits per heavy atom. The van der Waals surface area contributed by atoms with Crippen molar-refractivity contribution in [1.29, 1.82) is 0 Å². The number of carbonyl (C=O) groups excluding carboxylic acids is 1. The number of nitro benzene ring substituents is 1. The predicted octanol–water partition coefficient (Wildman–Crippen LogP) is 3.38. The smallest absolute Gasteiger partial charge is 0.276 e. The van der Waals surface area contributed by atoms with Crippen molar-refractivity contribution in [2.75, 3.05) is 12.4 Å². The molecule has 1 N–H and O–H groups in total. The number of anilines is 1. The van der Waals surface area contributed by atoms with Crippen molar-refractivity contribution in [3.8, 4) is 17.2 Å². The van der Waals surface area contributed by atoms with Gasteiger partial charge < -0.3 is 14.8 Å². The summed E-state index contributed by atoms with van der Waals surface area (Å²) in [7, 11) is 3.23. The summed E-state index contributed by atoms with van der Waals surface area (Å²) in [5, 5.41) is 17.8. The van der Waals surface area contributed by atoms with Crippen LogP contribution < -0.4 is 14.8 Å². The number of nitrogens with zero attached hydrogens (tertiary/aromatic N) is 3. The number of carbonyl (C=O) groups is 1. The number of methoxy groups -OCH3 is 1. The largest absolute Gasteiger partial charge is 0.497 e. The van der Waals surface area contributed by atoms with E-state index in [-0.39, 0.29) is 22.8 Å². The topological polar surface area (TPSA) is 109 Å². The normalized spacial score (nSPS) is 10.3. The third-order valence-corrected chi connectivity index (χ3v) is 3.60. The number of non-ortho nitro benzene ring substituents is 1. The van der Waals surface area contributed by atoms with Gasteiger partial charge in [0, 0.05) is 25.4 Å². The molecule has 1 amide bonds. The highest BCUT2D eigenvalue weighted by atomic mass is 16.6. The summed E-state index contributed by atoms with van der Waals surface area (Å²) in [5.41, 5.74) is 0.210. The van der Waals surface area contributed by atoms with Crippen molar-refractivity contribution in [2.24, 2.45) is 7.05 Å². The molecule has 0 radical (unpaired) electrons. The summed E-state index contributed by atoms with van der Waals surface area (Å²) in [6.07, 6.45) is 1.63. The zero-order chi connectivity index (χ0) is 19.4. The lowest BCUT2D eigenvalue weighted by atomic mass is 10.2. The number of aryl methyl sites for hydroxylation is 1. The molecule has 0 aliphatic carbocycles. The van der Waals surface area contributed by atoms with Gasteiger partial charge in [0.05, 0.1) is 23.8 Å². The number of rotatable bonds is 6. The van der Waals surface area contributed by atoms with Crippen LogP contribution in [0.1, 0.15) is 10.5 Å². The zero-order valence-electron chi connectivity index (χ0n) is 14.6. The van der Waals surface area contributed by atoms with E-state index in [1.807, 2.05) is 0 Å². The highest BCUT2D eigenvalue weighted by Gasteiger charge is 2.15. The van der Waals surface area contributed by atoms with Crippen LogP contribution in [0.4, 0.5) is 11.4 Å². The maximum Gasteiger partial charge on any atom is 0.276 e. The van der Waals surface area contributed by atoms with Crippen LogP contribution in [0.25, 0.3) is 0 Å². The minimum absolute atomic E-state index is 0.196. The molecular weight excluding hydrogens is 352 g/mol. The van der Waals surface area contributed by atoms with E-state index in [4.69, 9.17) is 9.47 Å². The van der Waals surface area contributed by atoms with Gasteiger partial charge in [-0.3, -0.25) is 19.6 Å². The van der Waals surface area contributed by atoms with E-state index in [0.29, 0.717) is 11.5 Å². The lowest BCUT2D eigenvalue weighted by molar-refractivity contribution is -0.384. The van der Waals surface area contributed by atoms with Gasteiger partial charge >= 0.3 is 0 Å². The fourth-order valence-corrected chi connectivity index (χ4v) is 2.33. The predicted molar refractivity (Wildman–Crippen MR) is 97.3 cm³/mol. The van der Waals surface area contributed by atoms with Crippen molar-refractivity contribution in [2.45, 2.75) is 0 Å². The summed E-state index contributed by atoms with van der Waals surface area (Å²) in [6, 6.07) is 12.3. The fraction of sp³-hybridized carbons (Fsp3) is 0.111. The maximum atomic E-state index is 12.2. The van der Waals surface area contributed by atoms with Crippen LogP contribution in [0.5, 0.6) is 17.2 Å². The van der Waals surface area contributed by atoms with Crippen LogP contribution in [-0.2, 0) is 7.05 Å². The molecule has 1 aromatic heterocycles. The number of amides is 1. The summed E-state index contributed by atoms with van der Waals surface area (Å²) in [5.74, 6) is 0.861. The molecule has 0 aliphatic rings. The quantitative estimate of drug-likeness (QED) is 0.528. The van der Waals surface area contributed by atoms with Crippen molar-refractivity contribution >= 4 is 17.3 Å². The fourth-order valence-electron chi connectivity index (χ4n) is 2.33. The molecule has 0 saturated carbocycles. The van der Waals surface area contributed by atoms with E-state index in [1.165, 1.54) is 22.9 Å². The van der Waals surface area contributed by atoms with E-state index >= 15 is 0 Å². The van der Waals surface area contributed by atoms with Crippen molar-refractivity contribution in [1.82, 2.24) is 9.78 Å². The number of nitrogens with one attached hydrogen (secondary N) is 1. The van der Waals surface area contributed by atoms with Crippen LogP contribution in [0.15, 0.2) is 54.7 Å². The Morgan fingerprint density at radius 2 is 1.81 bits per heavy atom. The first-order chi connectivity index (χ1) is 12.9. The van der Waals surface area contributed by atoms with Crippen LogP contribution in [0.2, 0.25) is 0 Å². The third-order valence-electron chi connectivity index (χ3n) is 3.60. The average Bonchev–Trinajstić information content (AvgIpc) is 3.09. The molecule has 27 heavy (non-hydrogen) atoms. The Morgan fingerprint density at radius 1 is 1.11 bits per heavy atom. The molecule has 0 fully saturated rings. The van der Waals surface area contributed by atoms with Crippen LogP contribution >= 0.6 is 0 Å². The van der Waals surface area contributed by atoms with Gasteiger partial charge in [-0.05, 0) is 30.3 Å². The first-order valence-electron chi connectivity index (χ1n) is 7.87. The lowest BCUT2D eigenvalue weighted by Crippen LogP contribution is -2.13. The molecule has 3 aromatic rings. The molecule has 1 heterocycles. The Labute approximate surface area is 154 Å². The molecule has 138 valence electrons. The number of hydrogen-bond donors (Lipinski definition) is 1. The Hall–Kier alpha value is -3.88. The number of nitro groups is 1. The molecule has 0 unspecified atom stereocenters. The zero-order valence-corrected chi connectivity index (χ0v) is 14.6. The number of ether oxygens (including phenoxy) is 2. The highest BCUT2D eigenvalue weighted by molar-refractivity contribution is 6.03. The monoisotopic (exact) mass is 368 g/mol. The molecule has 3 rings (SSSR count). The SMILES string of the molecule is COc1ccc(Oc2cc(NC(=O)c3ccn(C)n3)cc([N+](=O)[O-])c2)cc1. The van der Waals surface area contributed by atoms with Crippen LogP contribution in [-0.4, -0.2) is 27.7 Å². The molecule has 0 atom stereocenters. The first-order valence-corrected chi connectivity index (χ1v) is 7.87.